The van der Waals surface area contributed by atoms with Gasteiger partial charge in [-0.05, 0) is 30.7 Å². The molecule has 0 bridgehead atoms. The summed E-state index contributed by atoms with van der Waals surface area (Å²) in [5.41, 5.74) is 0.517. The fraction of sp³-hybridized carbons (Fsp3) is 0.211. The van der Waals surface area contributed by atoms with Crippen LogP contribution in [0, 0.1) is 0 Å². The largest absolute Gasteiger partial charge is 0.494 e. The van der Waals surface area contributed by atoms with Gasteiger partial charge in [0, 0.05) is 19.2 Å². The van der Waals surface area contributed by atoms with Crippen LogP contribution in [0.1, 0.15) is 17.0 Å². The number of nitrogens with zero attached hydrogens (tertiary/aromatic N) is 3. The maximum absolute atomic E-state index is 12.5. The van der Waals surface area contributed by atoms with Crippen molar-refractivity contribution in [3.8, 4) is 17.2 Å². The number of hydrogen-bond acceptors (Lipinski definition) is 6. The van der Waals surface area contributed by atoms with Gasteiger partial charge in [-0.2, -0.15) is 4.98 Å². The molecule has 1 aliphatic heterocycles. The molecule has 2 N–H and O–H groups in total. The minimum atomic E-state index is -0.395. The number of rotatable bonds is 5. The summed E-state index contributed by atoms with van der Waals surface area (Å²) in [7, 11) is 1.54. The van der Waals surface area contributed by atoms with E-state index in [2.05, 4.69) is 20.7 Å². The third kappa shape index (κ3) is 3.69. The lowest BCUT2D eigenvalue weighted by Crippen LogP contribution is -2.18. The monoisotopic (exact) mass is 365 g/mol. The lowest BCUT2D eigenvalue weighted by atomic mass is 10.2. The van der Waals surface area contributed by atoms with Crippen LogP contribution in [0.2, 0.25) is 0 Å². The van der Waals surface area contributed by atoms with Gasteiger partial charge in [0.2, 0.25) is 11.8 Å². The van der Waals surface area contributed by atoms with Crippen LogP contribution >= 0.6 is 0 Å². The minimum absolute atomic E-state index is 0.117. The number of nitrogens with one attached hydrogen (secondary N) is 2. The molecule has 4 rings (SSSR count). The Morgan fingerprint density at radius 1 is 1.19 bits per heavy atom. The van der Waals surface area contributed by atoms with Gasteiger partial charge in [-0.25, -0.2) is 4.68 Å². The number of carbonyl (C=O) groups is 1. The van der Waals surface area contributed by atoms with Crippen molar-refractivity contribution >= 4 is 17.5 Å². The fourth-order valence-electron chi connectivity index (χ4n) is 2.80. The van der Waals surface area contributed by atoms with Crippen molar-refractivity contribution in [2.24, 2.45) is 0 Å². The molecule has 0 fully saturated rings. The first kappa shape index (κ1) is 16.9. The zero-order chi connectivity index (χ0) is 18.6. The molecule has 0 spiro atoms. The molecule has 0 saturated carbocycles. The molecular weight excluding hydrogens is 346 g/mol. The van der Waals surface area contributed by atoms with Crippen LogP contribution < -0.4 is 20.1 Å². The van der Waals surface area contributed by atoms with E-state index in [0.717, 1.165) is 25.3 Å². The van der Waals surface area contributed by atoms with Crippen LogP contribution in [0.3, 0.4) is 0 Å². The Bertz CT molecular complexity index is 932. The number of benzene rings is 2. The molecule has 0 saturated heterocycles. The van der Waals surface area contributed by atoms with E-state index < -0.39 is 5.91 Å². The van der Waals surface area contributed by atoms with Crippen LogP contribution in [0.5, 0.6) is 17.2 Å². The van der Waals surface area contributed by atoms with Crippen LogP contribution in [0.25, 0.3) is 0 Å². The Balaban J connectivity index is 1.51. The normalized spacial score (nSPS) is 12.6. The Morgan fingerprint density at radius 2 is 2.04 bits per heavy atom. The van der Waals surface area contributed by atoms with E-state index in [0.29, 0.717) is 23.1 Å². The summed E-state index contributed by atoms with van der Waals surface area (Å²) < 4.78 is 12.9. The molecule has 1 aliphatic rings. The predicted molar refractivity (Wildman–Crippen MR) is 101 cm³/mol. The lowest BCUT2D eigenvalue weighted by molar-refractivity contribution is 0.101. The minimum Gasteiger partial charge on any atom is -0.494 e. The second-order valence-corrected chi connectivity index (χ2v) is 5.99. The van der Waals surface area contributed by atoms with Gasteiger partial charge in [-0.3, -0.25) is 4.79 Å². The van der Waals surface area contributed by atoms with Crippen LogP contribution in [-0.2, 0) is 6.54 Å². The first-order chi connectivity index (χ1) is 13.2. The van der Waals surface area contributed by atoms with Gasteiger partial charge >= 0.3 is 0 Å². The van der Waals surface area contributed by atoms with Crippen molar-refractivity contribution in [3.05, 3.63) is 54.4 Å². The van der Waals surface area contributed by atoms with E-state index in [1.807, 2.05) is 30.3 Å². The summed E-state index contributed by atoms with van der Waals surface area (Å²) in [4.78, 5) is 16.8. The molecule has 27 heavy (non-hydrogen) atoms. The van der Waals surface area contributed by atoms with E-state index in [1.54, 1.807) is 22.9 Å². The first-order valence-corrected chi connectivity index (χ1v) is 8.64. The second-order valence-electron chi connectivity index (χ2n) is 5.99. The number of hydrogen-bond donors (Lipinski definition) is 2. The average molecular weight is 365 g/mol. The number of methoxy groups -OCH3 is 1. The highest BCUT2D eigenvalue weighted by atomic mass is 16.5. The molecule has 2 heterocycles. The van der Waals surface area contributed by atoms with Crippen molar-refractivity contribution in [1.82, 2.24) is 14.8 Å². The number of ether oxygens (including phenoxy) is 2. The maximum atomic E-state index is 12.5. The summed E-state index contributed by atoms with van der Waals surface area (Å²) in [6.07, 6.45) is 0.952. The third-order valence-electron chi connectivity index (χ3n) is 4.10. The topological polar surface area (TPSA) is 90.3 Å². The summed E-state index contributed by atoms with van der Waals surface area (Å²) >= 11 is 0. The van der Waals surface area contributed by atoms with Crippen LogP contribution in [-0.4, -0.2) is 34.3 Å². The molecule has 1 aromatic heterocycles. The molecule has 0 atom stereocenters. The van der Waals surface area contributed by atoms with Gasteiger partial charge in [-0.1, -0.05) is 18.2 Å². The van der Waals surface area contributed by atoms with Gasteiger partial charge in [0.1, 0.15) is 17.2 Å². The zero-order valence-electron chi connectivity index (χ0n) is 14.8. The molecule has 0 unspecified atom stereocenters. The molecule has 1 amide bonds. The Labute approximate surface area is 156 Å². The van der Waals surface area contributed by atoms with Gasteiger partial charge in [0.05, 0.1) is 12.8 Å². The fourth-order valence-corrected chi connectivity index (χ4v) is 2.80. The SMILES string of the molecule is COc1cc(Oc2ccccc2)ccc1NC(=O)c1nc2n(n1)CCCN2. The Morgan fingerprint density at radius 3 is 2.81 bits per heavy atom. The van der Waals surface area contributed by atoms with Crippen molar-refractivity contribution in [2.45, 2.75) is 13.0 Å². The summed E-state index contributed by atoms with van der Waals surface area (Å²) in [5.74, 6) is 2.15. The van der Waals surface area contributed by atoms with Gasteiger partial charge in [0.15, 0.2) is 0 Å². The highest BCUT2D eigenvalue weighted by Crippen LogP contribution is 2.32. The number of para-hydroxylation sites is 1. The molecule has 3 aromatic rings. The van der Waals surface area contributed by atoms with E-state index in [9.17, 15) is 4.79 Å². The standard InChI is InChI=1S/C19H19N5O3/c1-26-16-12-14(27-13-6-3-2-4-7-13)8-9-15(16)21-18(25)17-22-19-20-10-5-11-24(19)23-17/h2-4,6-9,12H,5,10-11H2,1H3,(H,21,25)(H,20,22,23). The predicted octanol–water partition coefficient (Wildman–Crippen LogP) is 3.15. The van der Waals surface area contributed by atoms with E-state index >= 15 is 0 Å². The molecule has 0 radical (unpaired) electrons. The molecule has 8 heteroatoms. The van der Waals surface area contributed by atoms with E-state index in [-0.39, 0.29) is 5.82 Å². The number of amides is 1. The third-order valence-corrected chi connectivity index (χ3v) is 4.10. The molecule has 8 nitrogen and oxygen atoms in total. The van der Waals surface area contributed by atoms with E-state index in [1.165, 1.54) is 7.11 Å². The second kappa shape index (κ2) is 7.36. The summed E-state index contributed by atoms with van der Waals surface area (Å²) in [5, 5.41) is 10.2. The van der Waals surface area contributed by atoms with Gasteiger partial charge in [0.25, 0.3) is 5.91 Å². The van der Waals surface area contributed by atoms with Crippen molar-refractivity contribution in [1.29, 1.82) is 0 Å². The van der Waals surface area contributed by atoms with Crippen LogP contribution in [0.15, 0.2) is 48.5 Å². The number of fused-ring (bicyclic) bond motifs is 1. The number of anilines is 2. The van der Waals surface area contributed by atoms with Gasteiger partial charge < -0.3 is 20.1 Å². The summed E-state index contributed by atoms with van der Waals surface area (Å²) in [6, 6.07) is 14.6. The zero-order valence-corrected chi connectivity index (χ0v) is 14.8. The first-order valence-electron chi connectivity index (χ1n) is 8.64. The molecule has 138 valence electrons. The molecule has 2 aromatic carbocycles. The Hall–Kier alpha value is -3.55. The highest BCUT2D eigenvalue weighted by molar-refractivity contribution is 6.02. The number of aryl methyl sites for hydroxylation is 1. The molecular formula is C19H19N5O3. The smallest absolute Gasteiger partial charge is 0.295 e. The van der Waals surface area contributed by atoms with E-state index in [4.69, 9.17) is 9.47 Å². The maximum Gasteiger partial charge on any atom is 0.295 e. The average Bonchev–Trinajstić information content (AvgIpc) is 3.14. The van der Waals surface area contributed by atoms with Crippen molar-refractivity contribution in [2.75, 3.05) is 24.3 Å². The highest BCUT2D eigenvalue weighted by Gasteiger charge is 2.19. The summed E-state index contributed by atoms with van der Waals surface area (Å²) in [6.45, 7) is 1.58. The van der Waals surface area contributed by atoms with Crippen LogP contribution in [0.4, 0.5) is 11.6 Å². The quantitative estimate of drug-likeness (QED) is 0.722. The number of aromatic nitrogens is 3. The van der Waals surface area contributed by atoms with Gasteiger partial charge in [-0.15, -0.1) is 5.10 Å². The number of carbonyl (C=O) groups excluding carboxylic acids is 1. The Kier molecular flexibility index (Phi) is 4.61. The van der Waals surface area contributed by atoms with Crippen molar-refractivity contribution in [3.63, 3.8) is 0 Å². The van der Waals surface area contributed by atoms with Crippen molar-refractivity contribution < 1.29 is 14.3 Å². The lowest BCUT2D eigenvalue weighted by Gasteiger charge is -2.12. The molecule has 0 aliphatic carbocycles.